The zero-order valence-electron chi connectivity index (χ0n) is 22.8. The van der Waals surface area contributed by atoms with Crippen molar-refractivity contribution in [1.82, 2.24) is 19.7 Å². The minimum absolute atomic E-state index is 0.264. The summed E-state index contributed by atoms with van der Waals surface area (Å²) in [6, 6.07) is 26.9. The Balaban J connectivity index is 1.19. The molecule has 2 heterocycles. The van der Waals surface area contributed by atoms with E-state index in [1.54, 1.807) is 18.9 Å². The number of likely N-dealkylation sites (tertiary alicyclic amines) is 1. The number of hydrogen-bond donors (Lipinski definition) is 0. The van der Waals surface area contributed by atoms with Gasteiger partial charge in [-0.15, -0.1) is 10.2 Å². The summed E-state index contributed by atoms with van der Waals surface area (Å²) in [7, 11) is 1.68. The molecular formula is C32H36N4O2S. The van der Waals surface area contributed by atoms with Gasteiger partial charge in [0.15, 0.2) is 11.0 Å². The number of aromatic nitrogens is 3. The third-order valence-electron chi connectivity index (χ3n) is 7.37. The van der Waals surface area contributed by atoms with Crippen LogP contribution in [-0.4, -0.2) is 51.5 Å². The summed E-state index contributed by atoms with van der Waals surface area (Å²) in [6.45, 7) is 3.81. The van der Waals surface area contributed by atoms with E-state index in [0.29, 0.717) is 12.3 Å². The number of carbonyl (C=O) groups excluding carboxylic acids is 1. The predicted molar refractivity (Wildman–Crippen MR) is 157 cm³/mol. The molecule has 0 aliphatic carbocycles. The lowest BCUT2D eigenvalue weighted by Crippen LogP contribution is -2.38. The lowest BCUT2D eigenvalue weighted by Gasteiger charge is -2.32. The van der Waals surface area contributed by atoms with Crippen molar-refractivity contribution in [3.63, 3.8) is 0 Å². The van der Waals surface area contributed by atoms with Gasteiger partial charge in [0.1, 0.15) is 5.75 Å². The van der Waals surface area contributed by atoms with E-state index in [2.05, 4.69) is 81.2 Å². The molecule has 0 bridgehead atoms. The number of rotatable bonds is 10. The Hall–Kier alpha value is -3.58. The molecule has 3 aromatic carbocycles. The highest BCUT2D eigenvalue weighted by atomic mass is 32.2. The molecule has 0 radical (unpaired) electrons. The SMILES string of the molecule is COc1ccccc1-n1c(SCCCC(=O)N2CCC(Cc3ccccc3)CC2)nnc1-c1ccc(C)cc1. The second kappa shape index (κ2) is 13.0. The molecule has 1 fully saturated rings. The molecule has 0 unspecified atom stereocenters. The first-order valence-corrected chi connectivity index (χ1v) is 14.7. The van der Waals surface area contributed by atoms with Crippen LogP contribution in [0.3, 0.4) is 0 Å². The van der Waals surface area contributed by atoms with Crippen LogP contribution in [-0.2, 0) is 11.2 Å². The Morgan fingerprint density at radius 3 is 2.41 bits per heavy atom. The van der Waals surface area contributed by atoms with E-state index in [-0.39, 0.29) is 5.91 Å². The van der Waals surface area contributed by atoms with Crippen LogP contribution < -0.4 is 4.74 Å². The summed E-state index contributed by atoms with van der Waals surface area (Å²) in [4.78, 5) is 15.0. The fourth-order valence-electron chi connectivity index (χ4n) is 5.16. The highest BCUT2D eigenvalue weighted by Gasteiger charge is 2.23. The summed E-state index contributed by atoms with van der Waals surface area (Å²) >= 11 is 1.63. The highest BCUT2D eigenvalue weighted by Crippen LogP contribution is 2.33. The molecule has 0 spiro atoms. The number of methoxy groups -OCH3 is 1. The van der Waals surface area contributed by atoms with Crippen molar-refractivity contribution in [1.29, 1.82) is 0 Å². The number of nitrogens with zero attached hydrogens (tertiary/aromatic N) is 4. The largest absolute Gasteiger partial charge is 0.495 e. The monoisotopic (exact) mass is 540 g/mol. The van der Waals surface area contributed by atoms with Crippen molar-refractivity contribution < 1.29 is 9.53 Å². The van der Waals surface area contributed by atoms with Crippen molar-refractivity contribution >= 4 is 17.7 Å². The van der Waals surface area contributed by atoms with E-state index in [0.717, 1.165) is 72.5 Å². The highest BCUT2D eigenvalue weighted by molar-refractivity contribution is 7.99. The summed E-state index contributed by atoms with van der Waals surface area (Å²) in [6.07, 6.45) is 4.63. The van der Waals surface area contributed by atoms with Crippen molar-refractivity contribution in [2.45, 2.75) is 44.2 Å². The Bertz CT molecular complexity index is 1360. The van der Waals surface area contributed by atoms with Crippen LogP contribution in [0, 0.1) is 12.8 Å². The number of aryl methyl sites for hydroxylation is 1. The van der Waals surface area contributed by atoms with Crippen molar-refractivity contribution in [3.8, 4) is 22.8 Å². The Morgan fingerprint density at radius 1 is 0.949 bits per heavy atom. The Labute approximate surface area is 235 Å². The fourth-order valence-corrected chi connectivity index (χ4v) is 6.05. The number of benzene rings is 3. The Kier molecular flexibility index (Phi) is 8.99. The van der Waals surface area contributed by atoms with Gasteiger partial charge in [-0.3, -0.25) is 9.36 Å². The van der Waals surface area contributed by atoms with Gasteiger partial charge in [-0.05, 0) is 56.2 Å². The van der Waals surface area contributed by atoms with Gasteiger partial charge in [0.05, 0.1) is 12.8 Å². The van der Waals surface area contributed by atoms with E-state index >= 15 is 0 Å². The van der Waals surface area contributed by atoms with Crippen LogP contribution >= 0.6 is 11.8 Å². The molecule has 0 N–H and O–H groups in total. The second-order valence-corrected chi connectivity index (χ2v) is 11.2. The lowest BCUT2D eigenvalue weighted by molar-refractivity contribution is -0.132. The summed E-state index contributed by atoms with van der Waals surface area (Å²) < 4.78 is 7.73. The molecule has 39 heavy (non-hydrogen) atoms. The quantitative estimate of drug-likeness (QED) is 0.167. The topological polar surface area (TPSA) is 60.2 Å². The maximum Gasteiger partial charge on any atom is 0.222 e. The summed E-state index contributed by atoms with van der Waals surface area (Å²) in [5, 5.41) is 9.89. The average molecular weight is 541 g/mol. The minimum atomic E-state index is 0.264. The first kappa shape index (κ1) is 27.0. The van der Waals surface area contributed by atoms with Gasteiger partial charge in [0.25, 0.3) is 0 Å². The van der Waals surface area contributed by atoms with E-state index in [1.165, 1.54) is 11.1 Å². The van der Waals surface area contributed by atoms with Gasteiger partial charge in [-0.25, -0.2) is 0 Å². The second-order valence-electron chi connectivity index (χ2n) is 10.1. The molecule has 1 saturated heterocycles. The molecule has 6 nitrogen and oxygen atoms in total. The number of ether oxygens (including phenoxy) is 1. The third-order valence-corrected chi connectivity index (χ3v) is 8.38. The smallest absolute Gasteiger partial charge is 0.222 e. The molecule has 4 aromatic rings. The van der Waals surface area contributed by atoms with E-state index in [4.69, 9.17) is 4.74 Å². The maximum atomic E-state index is 12.9. The van der Waals surface area contributed by atoms with E-state index in [1.807, 2.05) is 24.3 Å². The molecule has 0 saturated carbocycles. The van der Waals surface area contributed by atoms with Gasteiger partial charge in [-0.2, -0.15) is 0 Å². The molecule has 1 aliphatic rings. The van der Waals surface area contributed by atoms with Gasteiger partial charge in [0, 0.05) is 30.8 Å². The number of carbonyl (C=O) groups is 1. The zero-order chi connectivity index (χ0) is 27.0. The molecule has 0 atom stereocenters. The van der Waals surface area contributed by atoms with Gasteiger partial charge >= 0.3 is 0 Å². The number of hydrogen-bond acceptors (Lipinski definition) is 5. The van der Waals surface area contributed by atoms with Crippen molar-refractivity contribution in [3.05, 3.63) is 90.0 Å². The molecule has 1 aromatic heterocycles. The van der Waals surface area contributed by atoms with Gasteiger partial charge in [-0.1, -0.05) is 84.1 Å². The molecule has 7 heteroatoms. The number of amides is 1. The average Bonchev–Trinajstić information content (AvgIpc) is 3.40. The van der Waals surface area contributed by atoms with Crippen LogP contribution in [0.4, 0.5) is 0 Å². The first-order valence-electron chi connectivity index (χ1n) is 13.7. The van der Waals surface area contributed by atoms with E-state index in [9.17, 15) is 4.79 Å². The third kappa shape index (κ3) is 6.71. The predicted octanol–water partition coefficient (Wildman–Crippen LogP) is 6.60. The van der Waals surface area contributed by atoms with Crippen LogP contribution in [0.1, 0.15) is 36.8 Å². The fraction of sp³-hybridized carbons (Fsp3) is 0.344. The molecule has 1 amide bonds. The maximum absolute atomic E-state index is 12.9. The van der Waals surface area contributed by atoms with Gasteiger partial charge in [0.2, 0.25) is 5.91 Å². The zero-order valence-corrected chi connectivity index (χ0v) is 23.6. The normalized spacial score (nSPS) is 13.9. The number of para-hydroxylation sites is 2. The van der Waals surface area contributed by atoms with Crippen LogP contribution in [0.25, 0.3) is 17.1 Å². The summed E-state index contributed by atoms with van der Waals surface area (Å²) in [5.74, 6) is 3.25. The molecule has 202 valence electrons. The standard InChI is InChI=1S/C32H36N4O2S/c1-24-14-16-27(17-15-24)31-33-34-32(36(31)28-11-6-7-12-29(28)38-2)39-22-8-13-30(37)35-20-18-26(19-21-35)23-25-9-4-3-5-10-25/h3-7,9-12,14-17,26H,8,13,18-23H2,1-2H3. The summed E-state index contributed by atoms with van der Waals surface area (Å²) in [5.41, 5.74) is 4.49. The lowest BCUT2D eigenvalue weighted by atomic mass is 9.90. The Morgan fingerprint density at radius 2 is 1.67 bits per heavy atom. The minimum Gasteiger partial charge on any atom is -0.495 e. The van der Waals surface area contributed by atoms with Crippen LogP contribution in [0.2, 0.25) is 0 Å². The van der Waals surface area contributed by atoms with Crippen LogP contribution in [0.5, 0.6) is 5.75 Å². The molecule has 1 aliphatic heterocycles. The molecular weight excluding hydrogens is 504 g/mol. The van der Waals surface area contributed by atoms with E-state index < -0.39 is 0 Å². The number of thioether (sulfide) groups is 1. The van der Waals surface area contributed by atoms with Crippen molar-refractivity contribution in [2.75, 3.05) is 26.0 Å². The van der Waals surface area contributed by atoms with Crippen molar-refractivity contribution in [2.24, 2.45) is 5.92 Å². The first-order chi connectivity index (χ1) is 19.1. The molecule has 5 rings (SSSR count). The van der Waals surface area contributed by atoms with Gasteiger partial charge < -0.3 is 9.64 Å². The number of piperidine rings is 1. The van der Waals surface area contributed by atoms with Crippen LogP contribution in [0.15, 0.2) is 84.0 Å².